The first-order valence-corrected chi connectivity index (χ1v) is 4.76. The second-order valence-electron chi connectivity index (χ2n) is 3.54. The fourth-order valence-corrected chi connectivity index (χ4v) is 1.43. The van der Waals surface area contributed by atoms with Gasteiger partial charge in [-0.2, -0.15) is 0 Å². The van der Waals surface area contributed by atoms with Crippen molar-refractivity contribution in [3.05, 3.63) is 42.1 Å². The molecule has 2 nitrogen and oxygen atoms in total. The fraction of sp³-hybridized carbons (Fsp3) is 0.167. The van der Waals surface area contributed by atoms with E-state index in [9.17, 15) is 0 Å². The van der Waals surface area contributed by atoms with Gasteiger partial charge in [0.2, 0.25) is 0 Å². The Bertz CT molecular complexity index is 452. The maximum Gasteiger partial charge on any atom is 0.0459 e. The zero-order valence-electron chi connectivity index (χ0n) is 8.20. The van der Waals surface area contributed by atoms with Gasteiger partial charge in [-0.25, -0.2) is 0 Å². The zero-order chi connectivity index (χ0) is 9.97. The predicted molar refractivity (Wildman–Crippen MR) is 61.0 cm³/mol. The highest BCUT2D eigenvalue weighted by molar-refractivity contribution is 5.81. The van der Waals surface area contributed by atoms with Gasteiger partial charge in [0.25, 0.3) is 0 Å². The monoisotopic (exact) mass is 186 g/mol. The number of nitrogens with one attached hydrogen (secondary N) is 1. The SMILES string of the molecule is CC(N)/C=C/c1ccc2cc[nH]c2c1. The van der Waals surface area contributed by atoms with Crippen LogP contribution in [-0.2, 0) is 0 Å². The minimum atomic E-state index is 0.106. The lowest BCUT2D eigenvalue weighted by Crippen LogP contribution is -2.09. The smallest absolute Gasteiger partial charge is 0.0459 e. The Morgan fingerprint density at radius 3 is 3.00 bits per heavy atom. The highest BCUT2D eigenvalue weighted by Gasteiger charge is 1.94. The summed E-state index contributed by atoms with van der Waals surface area (Å²) >= 11 is 0. The molecule has 3 N–H and O–H groups in total. The van der Waals surface area contributed by atoms with Crippen molar-refractivity contribution in [1.82, 2.24) is 4.98 Å². The zero-order valence-corrected chi connectivity index (χ0v) is 8.20. The molecule has 0 bridgehead atoms. The van der Waals surface area contributed by atoms with E-state index in [2.05, 4.69) is 29.2 Å². The average molecular weight is 186 g/mol. The van der Waals surface area contributed by atoms with Crippen LogP contribution in [0.25, 0.3) is 17.0 Å². The Kier molecular flexibility index (Phi) is 2.37. The summed E-state index contributed by atoms with van der Waals surface area (Å²) in [7, 11) is 0. The first-order valence-electron chi connectivity index (χ1n) is 4.76. The molecule has 0 aliphatic heterocycles. The first-order chi connectivity index (χ1) is 6.75. The average Bonchev–Trinajstić information content (AvgIpc) is 2.61. The summed E-state index contributed by atoms with van der Waals surface area (Å²) in [5, 5.41) is 1.24. The van der Waals surface area contributed by atoms with E-state index in [0.29, 0.717) is 0 Å². The third-order valence-electron chi connectivity index (χ3n) is 2.17. The van der Waals surface area contributed by atoms with Crippen LogP contribution in [0.15, 0.2) is 36.5 Å². The Hall–Kier alpha value is -1.54. The quantitative estimate of drug-likeness (QED) is 0.743. The molecule has 0 spiro atoms. The molecule has 14 heavy (non-hydrogen) atoms. The topological polar surface area (TPSA) is 41.8 Å². The van der Waals surface area contributed by atoms with E-state index < -0.39 is 0 Å². The molecule has 2 rings (SSSR count). The number of fused-ring (bicyclic) bond motifs is 1. The molecule has 0 saturated carbocycles. The Labute approximate surface area is 83.4 Å². The van der Waals surface area contributed by atoms with Gasteiger partial charge in [-0.15, -0.1) is 0 Å². The van der Waals surface area contributed by atoms with Crippen LogP contribution in [0, 0.1) is 0 Å². The van der Waals surface area contributed by atoms with E-state index >= 15 is 0 Å². The lowest BCUT2D eigenvalue weighted by Gasteiger charge is -1.96. The molecule has 1 unspecified atom stereocenters. The van der Waals surface area contributed by atoms with E-state index in [0.717, 1.165) is 5.52 Å². The van der Waals surface area contributed by atoms with Crippen LogP contribution in [0.5, 0.6) is 0 Å². The number of benzene rings is 1. The van der Waals surface area contributed by atoms with Crippen molar-refractivity contribution >= 4 is 17.0 Å². The molecular weight excluding hydrogens is 172 g/mol. The standard InChI is InChI=1S/C12H14N2/c1-9(13)2-3-10-4-5-11-6-7-14-12(11)8-10/h2-9,14H,13H2,1H3/b3-2+. The molecule has 1 heterocycles. The Morgan fingerprint density at radius 1 is 1.36 bits per heavy atom. The summed E-state index contributed by atoms with van der Waals surface area (Å²) in [5.74, 6) is 0. The molecule has 1 atom stereocenters. The first kappa shape index (κ1) is 9.03. The fourth-order valence-electron chi connectivity index (χ4n) is 1.43. The molecule has 0 aliphatic carbocycles. The van der Waals surface area contributed by atoms with E-state index in [1.54, 1.807) is 0 Å². The minimum Gasteiger partial charge on any atom is -0.361 e. The largest absolute Gasteiger partial charge is 0.361 e. The Balaban J connectivity index is 2.34. The normalized spacial score (nSPS) is 13.9. The van der Waals surface area contributed by atoms with Gasteiger partial charge in [0.1, 0.15) is 0 Å². The van der Waals surface area contributed by atoms with Crippen LogP contribution >= 0.6 is 0 Å². The van der Waals surface area contributed by atoms with Crippen molar-refractivity contribution in [2.45, 2.75) is 13.0 Å². The number of aromatic amines is 1. The molecule has 0 radical (unpaired) electrons. The van der Waals surface area contributed by atoms with Crippen LogP contribution in [0.4, 0.5) is 0 Å². The van der Waals surface area contributed by atoms with Gasteiger partial charge in [-0.05, 0) is 30.0 Å². The van der Waals surface area contributed by atoms with Crippen LogP contribution in [0.1, 0.15) is 12.5 Å². The van der Waals surface area contributed by atoms with Gasteiger partial charge in [0, 0.05) is 17.8 Å². The molecule has 1 aromatic carbocycles. The van der Waals surface area contributed by atoms with Crippen LogP contribution < -0.4 is 5.73 Å². The number of hydrogen-bond acceptors (Lipinski definition) is 1. The summed E-state index contributed by atoms with van der Waals surface area (Å²) in [6, 6.07) is 8.49. The van der Waals surface area contributed by atoms with Gasteiger partial charge < -0.3 is 10.7 Å². The van der Waals surface area contributed by atoms with Crippen molar-refractivity contribution in [2.75, 3.05) is 0 Å². The summed E-state index contributed by atoms with van der Waals surface area (Å²) < 4.78 is 0. The van der Waals surface area contributed by atoms with Gasteiger partial charge in [-0.3, -0.25) is 0 Å². The van der Waals surface area contributed by atoms with Crippen LogP contribution in [0.2, 0.25) is 0 Å². The van der Waals surface area contributed by atoms with Gasteiger partial charge >= 0.3 is 0 Å². The van der Waals surface area contributed by atoms with Crippen LogP contribution in [0.3, 0.4) is 0 Å². The van der Waals surface area contributed by atoms with E-state index in [4.69, 9.17) is 5.73 Å². The minimum absolute atomic E-state index is 0.106. The molecule has 0 fully saturated rings. The summed E-state index contributed by atoms with van der Waals surface area (Å²) in [4.78, 5) is 3.18. The van der Waals surface area contributed by atoms with E-state index in [-0.39, 0.29) is 6.04 Å². The Morgan fingerprint density at radius 2 is 2.21 bits per heavy atom. The molecule has 0 saturated heterocycles. The molecule has 0 amide bonds. The third kappa shape index (κ3) is 1.86. The second-order valence-corrected chi connectivity index (χ2v) is 3.54. The van der Waals surface area contributed by atoms with Crippen molar-refractivity contribution in [3.63, 3.8) is 0 Å². The maximum atomic E-state index is 5.64. The predicted octanol–water partition coefficient (Wildman–Crippen LogP) is 2.53. The molecule has 72 valence electrons. The summed E-state index contributed by atoms with van der Waals surface area (Å²) in [5.41, 5.74) is 7.98. The molecule has 0 aliphatic rings. The van der Waals surface area contributed by atoms with Gasteiger partial charge in [0.15, 0.2) is 0 Å². The molecule has 1 aromatic heterocycles. The molecule has 2 aromatic rings. The number of hydrogen-bond donors (Lipinski definition) is 2. The number of aromatic nitrogens is 1. The van der Waals surface area contributed by atoms with Gasteiger partial charge in [-0.1, -0.05) is 24.3 Å². The van der Waals surface area contributed by atoms with Gasteiger partial charge in [0.05, 0.1) is 0 Å². The van der Waals surface area contributed by atoms with Crippen LogP contribution in [-0.4, -0.2) is 11.0 Å². The highest BCUT2D eigenvalue weighted by atomic mass is 14.7. The van der Waals surface area contributed by atoms with Crippen molar-refractivity contribution in [2.24, 2.45) is 5.73 Å². The molecule has 2 heteroatoms. The number of nitrogens with two attached hydrogens (primary N) is 1. The number of H-pyrrole nitrogens is 1. The summed E-state index contributed by atoms with van der Waals surface area (Å²) in [6.07, 6.45) is 5.98. The third-order valence-corrected chi connectivity index (χ3v) is 2.17. The second kappa shape index (κ2) is 3.68. The highest BCUT2D eigenvalue weighted by Crippen LogP contribution is 2.14. The van der Waals surface area contributed by atoms with Crippen molar-refractivity contribution in [1.29, 1.82) is 0 Å². The molecular formula is C12H14N2. The lowest BCUT2D eigenvalue weighted by molar-refractivity contribution is 0.931. The summed E-state index contributed by atoms with van der Waals surface area (Å²) in [6.45, 7) is 1.96. The van der Waals surface area contributed by atoms with E-state index in [1.165, 1.54) is 10.9 Å². The van der Waals surface area contributed by atoms with Crippen molar-refractivity contribution in [3.8, 4) is 0 Å². The van der Waals surface area contributed by atoms with E-state index in [1.807, 2.05) is 25.3 Å². The lowest BCUT2D eigenvalue weighted by atomic mass is 10.1. The number of rotatable bonds is 2. The maximum absolute atomic E-state index is 5.64. The van der Waals surface area contributed by atoms with Crippen molar-refractivity contribution < 1.29 is 0 Å².